The van der Waals surface area contributed by atoms with Crippen molar-refractivity contribution in [1.29, 1.82) is 0 Å². The fourth-order valence-corrected chi connectivity index (χ4v) is 4.65. The molecule has 3 aromatic carbocycles. The highest BCUT2D eigenvalue weighted by molar-refractivity contribution is 6.08. The Bertz CT molecular complexity index is 984. The summed E-state index contributed by atoms with van der Waals surface area (Å²) in [4.78, 5) is 0. The van der Waals surface area contributed by atoms with Gasteiger partial charge in [0.05, 0.1) is 0 Å². The molecule has 0 saturated heterocycles. The van der Waals surface area contributed by atoms with Gasteiger partial charge in [-0.3, -0.25) is 0 Å². The zero-order valence-corrected chi connectivity index (χ0v) is 17.2. The standard InChI is InChI=1S/C27H31N/c1-3-5-10-20-19(18-28)16-17-23(21(20)11-6-4-2)26-15-9-14-25-22-12-7-8-13-24(22)27(25)26/h7-9,12-17H,3-6,10-11,18,28H2,1-2H3. The van der Waals surface area contributed by atoms with Crippen LogP contribution in [-0.2, 0) is 19.4 Å². The van der Waals surface area contributed by atoms with E-state index in [0.29, 0.717) is 6.54 Å². The first-order chi connectivity index (χ1) is 13.8. The quantitative estimate of drug-likeness (QED) is 0.351. The van der Waals surface area contributed by atoms with E-state index < -0.39 is 0 Å². The van der Waals surface area contributed by atoms with Gasteiger partial charge < -0.3 is 5.73 Å². The molecule has 1 aliphatic carbocycles. The Kier molecular flexibility index (Phi) is 5.64. The maximum atomic E-state index is 6.14. The molecule has 0 heterocycles. The van der Waals surface area contributed by atoms with Gasteiger partial charge in [0.1, 0.15) is 0 Å². The molecule has 0 radical (unpaired) electrons. The minimum atomic E-state index is 0.633. The van der Waals surface area contributed by atoms with Gasteiger partial charge in [-0.15, -0.1) is 0 Å². The van der Waals surface area contributed by atoms with Crippen molar-refractivity contribution in [1.82, 2.24) is 0 Å². The molecule has 0 atom stereocenters. The minimum Gasteiger partial charge on any atom is -0.326 e. The lowest BCUT2D eigenvalue weighted by atomic mass is 9.75. The normalized spacial score (nSPS) is 11.7. The predicted molar refractivity (Wildman–Crippen MR) is 121 cm³/mol. The van der Waals surface area contributed by atoms with Crippen LogP contribution in [0.1, 0.15) is 56.2 Å². The Morgan fingerprint density at radius 1 is 0.607 bits per heavy atom. The monoisotopic (exact) mass is 369 g/mol. The van der Waals surface area contributed by atoms with Gasteiger partial charge in [0.25, 0.3) is 0 Å². The van der Waals surface area contributed by atoms with Crippen molar-refractivity contribution in [2.75, 3.05) is 0 Å². The number of hydrogen-bond donors (Lipinski definition) is 1. The number of nitrogens with two attached hydrogens (primary N) is 1. The van der Waals surface area contributed by atoms with Crippen LogP contribution in [0, 0.1) is 0 Å². The third-order valence-corrected chi connectivity index (χ3v) is 6.15. The van der Waals surface area contributed by atoms with Crippen molar-refractivity contribution in [2.45, 2.75) is 58.9 Å². The summed E-state index contributed by atoms with van der Waals surface area (Å²) in [6.45, 7) is 5.19. The van der Waals surface area contributed by atoms with Crippen molar-refractivity contribution < 1.29 is 0 Å². The molecular weight excluding hydrogens is 338 g/mol. The van der Waals surface area contributed by atoms with Crippen molar-refractivity contribution >= 4 is 0 Å². The molecule has 0 aliphatic heterocycles. The third kappa shape index (κ3) is 3.18. The molecule has 3 aromatic rings. The molecule has 144 valence electrons. The maximum absolute atomic E-state index is 6.14. The summed E-state index contributed by atoms with van der Waals surface area (Å²) in [5.41, 5.74) is 18.9. The minimum absolute atomic E-state index is 0.633. The number of unbranched alkanes of at least 4 members (excludes halogenated alkanes) is 2. The fraction of sp³-hybridized carbons (Fsp3) is 0.333. The molecule has 0 aromatic heterocycles. The van der Waals surface area contributed by atoms with E-state index in [4.69, 9.17) is 5.73 Å². The molecule has 0 amide bonds. The first kappa shape index (κ1) is 19.0. The number of hydrogen-bond acceptors (Lipinski definition) is 1. The van der Waals surface area contributed by atoms with Crippen LogP contribution in [0.15, 0.2) is 54.6 Å². The molecule has 2 N–H and O–H groups in total. The average molecular weight is 370 g/mol. The molecule has 0 spiro atoms. The Morgan fingerprint density at radius 2 is 1.21 bits per heavy atom. The van der Waals surface area contributed by atoms with Crippen LogP contribution in [0.5, 0.6) is 0 Å². The van der Waals surface area contributed by atoms with Crippen LogP contribution < -0.4 is 5.73 Å². The van der Waals surface area contributed by atoms with Crippen molar-refractivity contribution in [3.8, 4) is 33.4 Å². The topological polar surface area (TPSA) is 26.0 Å². The first-order valence-corrected chi connectivity index (χ1v) is 10.9. The van der Waals surface area contributed by atoms with E-state index in [9.17, 15) is 0 Å². The summed E-state index contributed by atoms with van der Waals surface area (Å²) in [5, 5.41) is 0. The highest BCUT2D eigenvalue weighted by Crippen LogP contribution is 2.52. The number of benzene rings is 3. The van der Waals surface area contributed by atoms with E-state index in [0.717, 1.165) is 12.8 Å². The second-order valence-electron chi connectivity index (χ2n) is 7.91. The van der Waals surface area contributed by atoms with Crippen molar-refractivity contribution in [2.24, 2.45) is 5.73 Å². The van der Waals surface area contributed by atoms with Gasteiger partial charge in [-0.1, -0.05) is 81.3 Å². The molecule has 1 heteroatoms. The maximum Gasteiger partial charge on any atom is 0.0180 e. The van der Waals surface area contributed by atoms with Gasteiger partial charge in [0.15, 0.2) is 0 Å². The van der Waals surface area contributed by atoms with Gasteiger partial charge in [-0.25, -0.2) is 0 Å². The SMILES string of the molecule is CCCCc1c(CN)ccc(-c2cccc3c2-c2ccccc2-3)c1CCCC. The number of rotatable bonds is 8. The zero-order chi connectivity index (χ0) is 19.5. The molecule has 0 fully saturated rings. The van der Waals surface area contributed by atoms with E-state index in [-0.39, 0.29) is 0 Å². The van der Waals surface area contributed by atoms with Crippen LogP contribution in [0.4, 0.5) is 0 Å². The molecule has 0 bridgehead atoms. The Morgan fingerprint density at radius 3 is 1.89 bits per heavy atom. The molecular formula is C27H31N. The molecule has 4 rings (SSSR count). The van der Waals surface area contributed by atoms with E-state index in [1.54, 1.807) is 0 Å². The molecule has 1 nitrogen and oxygen atoms in total. The lowest BCUT2D eigenvalue weighted by molar-refractivity contribution is 0.751. The highest BCUT2D eigenvalue weighted by atomic mass is 14.5. The summed E-state index contributed by atoms with van der Waals surface area (Å²) < 4.78 is 0. The van der Waals surface area contributed by atoms with Crippen LogP contribution in [0.3, 0.4) is 0 Å². The van der Waals surface area contributed by atoms with E-state index in [1.165, 1.54) is 75.8 Å². The highest BCUT2D eigenvalue weighted by Gasteiger charge is 2.26. The lowest BCUT2D eigenvalue weighted by Gasteiger charge is -2.28. The summed E-state index contributed by atoms with van der Waals surface area (Å²) in [7, 11) is 0. The smallest absolute Gasteiger partial charge is 0.0180 e. The van der Waals surface area contributed by atoms with Gasteiger partial charge >= 0.3 is 0 Å². The molecule has 0 saturated carbocycles. The largest absolute Gasteiger partial charge is 0.326 e. The summed E-state index contributed by atoms with van der Waals surface area (Å²) in [6, 6.07) is 20.2. The Hall–Kier alpha value is -2.38. The van der Waals surface area contributed by atoms with Crippen LogP contribution >= 0.6 is 0 Å². The average Bonchev–Trinajstić information content (AvgIpc) is 2.73. The van der Waals surface area contributed by atoms with Gasteiger partial charge in [-0.2, -0.15) is 0 Å². The predicted octanol–water partition coefficient (Wildman–Crippen LogP) is 7.14. The van der Waals surface area contributed by atoms with Crippen molar-refractivity contribution in [3.05, 3.63) is 71.3 Å². The van der Waals surface area contributed by atoms with E-state index in [2.05, 4.69) is 68.4 Å². The Balaban J connectivity index is 1.88. The number of fused-ring (bicyclic) bond motifs is 4. The lowest BCUT2D eigenvalue weighted by Crippen LogP contribution is -2.08. The third-order valence-electron chi connectivity index (χ3n) is 6.15. The summed E-state index contributed by atoms with van der Waals surface area (Å²) >= 11 is 0. The fourth-order valence-electron chi connectivity index (χ4n) is 4.65. The van der Waals surface area contributed by atoms with Gasteiger partial charge in [-0.05, 0) is 75.8 Å². The second-order valence-corrected chi connectivity index (χ2v) is 7.91. The first-order valence-electron chi connectivity index (χ1n) is 10.9. The van der Waals surface area contributed by atoms with Crippen LogP contribution in [-0.4, -0.2) is 0 Å². The van der Waals surface area contributed by atoms with Gasteiger partial charge in [0, 0.05) is 6.54 Å². The second kappa shape index (κ2) is 8.32. The summed E-state index contributed by atoms with van der Waals surface area (Å²) in [5.74, 6) is 0. The molecule has 0 unspecified atom stereocenters. The van der Waals surface area contributed by atoms with Crippen LogP contribution in [0.25, 0.3) is 33.4 Å². The summed E-state index contributed by atoms with van der Waals surface area (Å²) in [6.07, 6.45) is 7.17. The van der Waals surface area contributed by atoms with E-state index >= 15 is 0 Å². The van der Waals surface area contributed by atoms with Crippen LogP contribution in [0.2, 0.25) is 0 Å². The van der Waals surface area contributed by atoms with Gasteiger partial charge in [0.2, 0.25) is 0 Å². The van der Waals surface area contributed by atoms with Crippen molar-refractivity contribution in [3.63, 3.8) is 0 Å². The van der Waals surface area contributed by atoms with E-state index in [1.807, 2.05) is 0 Å². The molecule has 28 heavy (non-hydrogen) atoms. The zero-order valence-electron chi connectivity index (χ0n) is 17.2. The molecule has 1 aliphatic rings. The Labute approximate surface area is 169 Å².